The Balaban J connectivity index is 2.15. The Hall–Kier alpha value is -1.63. The maximum atomic E-state index is 13.2. The zero-order valence-corrected chi connectivity index (χ0v) is 15.7. The second-order valence-electron chi connectivity index (χ2n) is 6.71. The first-order valence-corrected chi connectivity index (χ1v) is 10.7. The molecule has 0 spiro atoms. The van der Waals surface area contributed by atoms with Crippen LogP contribution in [0.1, 0.15) is 45.4 Å². The van der Waals surface area contributed by atoms with Gasteiger partial charge in [-0.3, -0.25) is 9.10 Å². The largest absolute Gasteiger partial charge is 0.354 e. The number of hydrogen-bond donors (Lipinski definition) is 1. The normalized spacial score (nSPS) is 17.1. The predicted octanol–water partition coefficient (Wildman–Crippen LogP) is 3.07. The van der Waals surface area contributed by atoms with Crippen molar-refractivity contribution in [1.29, 1.82) is 0 Å². The SMILES string of the molecule is CCC(C(=O)NCC1CCCCC1)N(c1ccc(F)cc1)S(C)(=O)=O. The molecule has 1 aliphatic rings. The number of benzene rings is 1. The molecule has 0 radical (unpaired) electrons. The molecule has 7 heteroatoms. The monoisotopic (exact) mass is 370 g/mol. The number of hydrogen-bond acceptors (Lipinski definition) is 3. The lowest BCUT2D eigenvalue weighted by atomic mass is 9.89. The van der Waals surface area contributed by atoms with Gasteiger partial charge in [0.15, 0.2) is 0 Å². The summed E-state index contributed by atoms with van der Waals surface area (Å²) in [7, 11) is -3.68. The highest BCUT2D eigenvalue weighted by molar-refractivity contribution is 7.92. The molecule has 0 heterocycles. The number of nitrogens with one attached hydrogen (secondary N) is 1. The standard InChI is InChI=1S/C18H27FN2O3S/c1-3-17(18(22)20-13-14-7-5-4-6-8-14)21(25(2,23)24)16-11-9-15(19)10-12-16/h9-12,14,17H,3-8,13H2,1-2H3,(H,20,22). The van der Waals surface area contributed by atoms with Crippen molar-refractivity contribution in [3.05, 3.63) is 30.1 Å². The number of carbonyl (C=O) groups excluding carboxylic acids is 1. The summed E-state index contributed by atoms with van der Waals surface area (Å²) < 4.78 is 38.8. The van der Waals surface area contributed by atoms with Gasteiger partial charge in [-0.05, 0) is 49.4 Å². The second-order valence-corrected chi connectivity index (χ2v) is 8.57. The number of amides is 1. The lowest BCUT2D eigenvalue weighted by Gasteiger charge is -2.31. The average molecular weight is 370 g/mol. The summed E-state index contributed by atoms with van der Waals surface area (Å²) in [6.07, 6.45) is 7.21. The van der Waals surface area contributed by atoms with Crippen LogP contribution in [0.2, 0.25) is 0 Å². The van der Waals surface area contributed by atoms with Gasteiger partial charge in [-0.2, -0.15) is 0 Å². The van der Waals surface area contributed by atoms with Gasteiger partial charge in [0, 0.05) is 6.54 Å². The minimum Gasteiger partial charge on any atom is -0.354 e. The van der Waals surface area contributed by atoms with Crippen LogP contribution in [0.4, 0.5) is 10.1 Å². The van der Waals surface area contributed by atoms with Crippen molar-refractivity contribution >= 4 is 21.6 Å². The number of halogens is 1. The van der Waals surface area contributed by atoms with E-state index in [4.69, 9.17) is 0 Å². The number of sulfonamides is 1. The Labute approximate surface area is 149 Å². The molecule has 1 amide bonds. The molecule has 0 bridgehead atoms. The summed E-state index contributed by atoms with van der Waals surface area (Å²) >= 11 is 0. The van der Waals surface area contributed by atoms with Crippen LogP contribution in [0.3, 0.4) is 0 Å². The highest BCUT2D eigenvalue weighted by Gasteiger charge is 2.31. The van der Waals surface area contributed by atoms with Crippen LogP contribution in [0.15, 0.2) is 24.3 Å². The lowest BCUT2D eigenvalue weighted by molar-refractivity contribution is -0.122. The van der Waals surface area contributed by atoms with E-state index >= 15 is 0 Å². The van der Waals surface area contributed by atoms with Gasteiger partial charge in [0.1, 0.15) is 11.9 Å². The van der Waals surface area contributed by atoms with Crippen molar-refractivity contribution in [3.8, 4) is 0 Å². The van der Waals surface area contributed by atoms with Gasteiger partial charge in [-0.25, -0.2) is 12.8 Å². The molecule has 140 valence electrons. The smallest absolute Gasteiger partial charge is 0.243 e. The fraction of sp³-hybridized carbons (Fsp3) is 0.611. The minimum absolute atomic E-state index is 0.295. The summed E-state index contributed by atoms with van der Waals surface area (Å²) in [5, 5.41) is 2.92. The zero-order valence-electron chi connectivity index (χ0n) is 14.9. The second kappa shape index (κ2) is 8.65. The van der Waals surface area contributed by atoms with E-state index in [1.165, 1.54) is 43.5 Å². The summed E-state index contributed by atoms with van der Waals surface area (Å²) in [5.41, 5.74) is 0.295. The number of anilines is 1. The molecule has 1 aliphatic carbocycles. The first-order chi connectivity index (χ1) is 11.8. The van der Waals surface area contributed by atoms with Gasteiger partial charge in [0.25, 0.3) is 0 Å². The van der Waals surface area contributed by atoms with Crippen molar-refractivity contribution in [2.75, 3.05) is 17.1 Å². The fourth-order valence-corrected chi connectivity index (χ4v) is 4.61. The molecule has 1 aromatic rings. The molecule has 2 rings (SSSR count). The van der Waals surface area contributed by atoms with E-state index in [0.29, 0.717) is 24.6 Å². The fourth-order valence-electron chi connectivity index (χ4n) is 3.40. The first kappa shape index (κ1) is 19.7. The highest BCUT2D eigenvalue weighted by Crippen LogP contribution is 2.24. The van der Waals surface area contributed by atoms with Crippen molar-refractivity contribution in [1.82, 2.24) is 5.32 Å². The van der Waals surface area contributed by atoms with E-state index in [0.717, 1.165) is 23.4 Å². The lowest BCUT2D eigenvalue weighted by Crippen LogP contribution is -2.50. The van der Waals surface area contributed by atoms with Crippen molar-refractivity contribution in [3.63, 3.8) is 0 Å². The van der Waals surface area contributed by atoms with Crippen LogP contribution < -0.4 is 9.62 Å². The van der Waals surface area contributed by atoms with Crippen LogP contribution in [0.5, 0.6) is 0 Å². The van der Waals surface area contributed by atoms with Crippen LogP contribution in [0.25, 0.3) is 0 Å². The van der Waals surface area contributed by atoms with E-state index in [2.05, 4.69) is 5.32 Å². The molecule has 1 unspecified atom stereocenters. The van der Waals surface area contributed by atoms with E-state index in [-0.39, 0.29) is 5.91 Å². The minimum atomic E-state index is -3.68. The molecule has 0 aromatic heterocycles. The van der Waals surface area contributed by atoms with Crippen LogP contribution in [-0.2, 0) is 14.8 Å². The zero-order chi connectivity index (χ0) is 18.4. The van der Waals surface area contributed by atoms with Gasteiger partial charge >= 0.3 is 0 Å². The van der Waals surface area contributed by atoms with Gasteiger partial charge in [-0.15, -0.1) is 0 Å². The Morgan fingerprint density at radius 1 is 1.24 bits per heavy atom. The van der Waals surface area contributed by atoms with Crippen molar-refractivity contribution in [2.24, 2.45) is 5.92 Å². The molecular formula is C18H27FN2O3S. The van der Waals surface area contributed by atoms with E-state index in [9.17, 15) is 17.6 Å². The Morgan fingerprint density at radius 2 is 1.84 bits per heavy atom. The van der Waals surface area contributed by atoms with Crippen LogP contribution in [-0.4, -0.2) is 33.2 Å². The topological polar surface area (TPSA) is 66.5 Å². The third-order valence-corrected chi connectivity index (χ3v) is 5.88. The Bertz CT molecular complexity index is 670. The summed E-state index contributed by atoms with van der Waals surface area (Å²) in [6, 6.07) is 4.31. The van der Waals surface area contributed by atoms with E-state index in [1.54, 1.807) is 6.92 Å². The van der Waals surface area contributed by atoms with Crippen molar-refractivity contribution in [2.45, 2.75) is 51.5 Å². The van der Waals surface area contributed by atoms with Gasteiger partial charge in [0.2, 0.25) is 15.9 Å². The maximum Gasteiger partial charge on any atom is 0.243 e. The van der Waals surface area contributed by atoms with Gasteiger partial charge in [0.05, 0.1) is 11.9 Å². The van der Waals surface area contributed by atoms with Gasteiger partial charge < -0.3 is 5.32 Å². The predicted molar refractivity (Wildman–Crippen MR) is 97.4 cm³/mol. The Morgan fingerprint density at radius 3 is 2.36 bits per heavy atom. The molecule has 1 fully saturated rings. The highest BCUT2D eigenvalue weighted by atomic mass is 32.2. The summed E-state index contributed by atoms with van der Waals surface area (Å²) in [6.45, 7) is 2.35. The summed E-state index contributed by atoms with van der Waals surface area (Å²) in [5.74, 6) is -0.289. The molecule has 1 saturated carbocycles. The van der Waals surface area contributed by atoms with Crippen LogP contribution >= 0.6 is 0 Å². The Kier molecular flexibility index (Phi) is 6.81. The number of rotatable bonds is 7. The van der Waals surface area contributed by atoms with Crippen molar-refractivity contribution < 1.29 is 17.6 Å². The van der Waals surface area contributed by atoms with Crippen LogP contribution in [0, 0.1) is 11.7 Å². The van der Waals surface area contributed by atoms with E-state index in [1.807, 2.05) is 0 Å². The molecule has 0 aliphatic heterocycles. The maximum absolute atomic E-state index is 13.2. The molecular weight excluding hydrogens is 343 g/mol. The molecule has 1 aromatic carbocycles. The van der Waals surface area contributed by atoms with Gasteiger partial charge in [-0.1, -0.05) is 26.2 Å². The molecule has 5 nitrogen and oxygen atoms in total. The molecule has 1 atom stereocenters. The molecule has 0 saturated heterocycles. The van der Waals surface area contributed by atoms with E-state index < -0.39 is 21.9 Å². The average Bonchev–Trinajstić information content (AvgIpc) is 2.58. The third kappa shape index (κ3) is 5.42. The number of carbonyl (C=O) groups is 1. The summed E-state index contributed by atoms with van der Waals surface area (Å²) in [4.78, 5) is 12.7. The molecule has 25 heavy (non-hydrogen) atoms. The number of nitrogens with zero attached hydrogens (tertiary/aromatic N) is 1. The quantitative estimate of drug-likeness (QED) is 0.802. The third-order valence-electron chi connectivity index (χ3n) is 4.70. The molecule has 1 N–H and O–H groups in total. The first-order valence-electron chi connectivity index (χ1n) is 8.85.